The molecule has 32 heavy (non-hydrogen) atoms. The molecule has 0 spiro atoms. The maximum atomic E-state index is 6.04. The minimum absolute atomic E-state index is 0.242. The zero-order valence-electron chi connectivity index (χ0n) is 19.1. The molecule has 2 aromatic carbocycles. The lowest BCUT2D eigenvalue weighted by Crippen LogP contribution is -2.26. The van der Waals surface area contributed by atoms with Crippen molar-refractivity contribution < 1.29 is 4.74 Å². The Kier molecular flexibility index (Phi) is 6.40. The van der Waals surface area contributed by atoms with E-state index in [1.54, 1.807) is 0 Å². The molecule has 164 valence electrons. The van der Waals surface area contributed by atoms with E-state index in [-0.39, 0.29) is 11.4 Å². The van der Waals surface area contributed by atoms with Gasteiger partial charge < -0.3 is 10.5 Å². The Labute approximate surface area is 190 Å². The van der Waals surface area contributed by atoms with Gasteiger partial charge >= 0.3 is 0 Å². The predicted molar refractivity (Wildman–Crippen MR) is 132 cm³/mol. The van der Waals surface area contributed by atoms with E-state index in [2.05, 4.69) is 61.1 Å². The Morgan fingerprint density at radius 1 is 1.06 bits per heavy atom. The number of ether oxygens (including phenoxy) is 1. The molecule has 0 fully saturated rings. The zero-order valence-corrected chi connectivity index (χ0v) is 19.1. The SMILES string of the molecule is CC1=CCCC(C)(C)C1/C=C/c1cc(-c2ccc(OCc3ccccc3)cc2)nc(N)n1. The highest BCUT2D eigenvalue weighted by atomic mass is 16.5. The predicted octanol–water partition coefficient (Wildman–Crippen LogP) is 6.70. The number of anilines is 1. The molecular formula is C28H31N3O. The molecule has 0 bridgehead atoms. The molecule has 0 radical (unpaired) electrons. The number of rotatable bonds is 6. The summed E-state index contributed by atoms with van der Waals surface area (Å²) in [4.78, 5) is 8.88. The second kappa shape index (κ2) is 9.39. The second-order valence-electron chi connectivity index (χ2n) is 9.15. The highest BCUT2D eigenvalue weighted by Crippen LogP contribution is 2.41. The van der Waals surface area contributed by atoms with Crippen LogP contribution in [0.15, 0.2) is 78.4 Å². The van der Waals surface area contributed by atoms with E-state index < -0.39 is 0 Å². The third-order valence-corrected chi connectivity index (χ3v) is 6.21. The fraction of sp³-hybridized carbons (Fsp3) is 0.286. The molecule has 1 aromatic heterocycles. The fourth-order valence-electron chi connectivity index (χ4n) is 4.36. The number of aromatic nitrogens is 2. The molecule has 1 heterocycles. The molecule has 0 aliphatic heterocycles. The van der Waals surface area contributed by atoms with Gasteiger partial charge in [0.1, 0.15) is 12.4 Å². The largest absolute Gasteiger partial charge is 0.489 e. The molecule has 1 aliphatic rings. The number of benzene rings is 2. The van der Waals surface area contributed by atoms with Gasteiger partial charge in [-0.1, -0.05) is 61.9 Å². The van der Waals surface area contributed by atoms with Crippen LogP contribution < -0.4 is 10.5 Å². The average molecular weight is 426 g/mol. The quantitative estimate of drug-likeness (QED) is 0.446. The summed E-state index contributed by atoms with van der Waals surface area (Å²) in [5.41, 5.74) is 11.5. The highest BCUT2D eigenvalue weighted by molar-refractivity contribution is 5.64. The van der Waals surface area contributed by atoms with Crippen LogP contribution in [-0.2, 0) is 6.61 Å². The lowest BCUT2D eigenvalue weighted by Gasteiger charge is -2.36. The fourth-order valence-corrected chi connectivity index (χ4v) is 4.36. The third-order valence-electron chi connectivity index (χ3n) is 6.21. The maximum absolute atomic E-state index is 6.04. The van der Waals surface area contributed by atoms with E-state index in [0.717, 1.165) is 34.7 Å². The van der Waals surface area contributed by atoms with Crippen molar-refractivity contribution in [1.82, 2.24) is 9.97 Å². The van der Waals surface area contributed by atoms with Crippen LogP contribution >= 0.6 is 0 Å². The summed E-state index contributed by atoms with van der Waals surface area (Å²) in [5, 5.41) is 0. The Morgan fingerprint density at radius 2 is 1.81 bits per heavy atom. The normalized spacial score (nSPS) is 17.8. The van der Waals surface area contributed by atoms with Crippen LogP contribution in [0.3, 0.4) is 0 Å². The van der Waals surface area contributed by atoms with Gasteiger partial charge in [-0.3, -0.25) is 0 Å². The van der Waals surface area contributed by atoms with Gasteiger partial charge in [-0.25, -0.2) is 9.97 Å². The number of nitrogens with zero attached hydrogens (tertiary/aromatic N) is 2. The molecular weight excluding hydrogens is 394 g/mol. The van der Waals surface area contributed by atoms with Gasteiger partial charge in [0, 0.05) is 11.5 Å². The summed E-state index contributed by atoms with van der Waals surface area (Å²) < 4.78 is 5.89. The molecule has 1 aliphatic carbocycles. The van der Waals surface area contributed by atoms with Gasteiger partial charge in [0.2, 0.25) is 5.95 Å². The number of hydrogen-bond donors (Lipinski definition) is 1. The molecule has 3 aromatic rings. The van der Waals surface area contributed by atoms with Crippen LogP contribution in [0.2, 0.25) is 0 Å². The van der Waals surface area contributed by atoms with Crippen LogP contribution in [0.25, 0.3) is 17.3 Å². The van der Waals surface area contributed by atoms with Gasteiger partial charge in [-0.2, -0.15) is 0 Å². The number of nitrogen functional groups attached to an aromatic ring is 1. The number of nitrogens with two attached hydrogens (primary N) is 1. The maximum Gasteiger partial charge on any atom is 0.221 e. The molecule has 0 saturated carbocycles. The molecule has 0 amide bonds. The van der Waals surface area contributed by atoms with Gasteiger partial charge in [0.25, 0.3) is 0 Å². The van der Waals surface area contributed by atoms with E-state index in [0.29, 0.717) is 12.5 Å². The van der Waals surface area contributed by atoms with Crippen molar-refractivity contribution in [2.45, 2.75) is 40.2 Å². The smallest absolute Gasteiger partial charge is 0.221 e. The Balaban J connectivity index is 1.50. The Hall–Kier alpha value is -3.40. The van der Waals surface area contributed by atoms with E-state index in [1.807, 2.05) is 48.5 Å². The Morgan fingerprint density at radius 3 is 2.53 bits per heavy atom. The summed E-state index contributed by atoms with van der Waals surface area (Å²) in [5.74, 6) is 1.50. The number of hydrogen-bond acceptors (Lipinski definition) is 4. The summed E-state index contributed by atoms with van der Waals surface area (Å²) in [6, 6.07) is 20.1. The average Bonchev–Trinajstić information content (AvgIpc) is 2.78. The summed E-state index contributed by atoms with van der Waals surface area (Å²) in [7, 11) is 0. The van der Waals surface area contributed by atoms with Gasteiger partial charge in [-0.15, -0.1) is 0 Å². The third kappa shape index (κ3) is 5.25. The standard InChI is InChI=1S/C28H31N3O/c1-20-8-7-17-28(2,3)25(20)16-13-23-18-26(31-27(29)30-23)22-11-14-24(15-12-22)32-19-21-9-5-4-6-10-21/h4-6,8-16,18,25H,7,17,19H2,1-3H3,(H2,29,30,31)/b16-13+. The first-order valence-corrected chi connectivity index (χ1v) is 11.2. The van der Waals surface area contributed by atoms with E-state index >= 15 is 0 Å². The molecule has 1 atom stereocenters. The first-order valence-electron chi connectivity index (χ1n) is 11.2. The van der Waals surface area contributed by atoms with Crippen molar-refractivity contribution in [2.24, 2.45) is 11.3 Å². The number of allylic oxidation sites excluding steroid dienone is 3. The molecule has 2 N–H and O–H groups in total. The first-order chi connectivity index (χ1) is 15.4. The highest BCUT2D eigenvalue weighted by Gasteiger charge is 2.30. The van der Waals surface area contributed by atoms with Crippen molar-refractivity contribution in [1.29, 1.82) is 0 Å². The van der Waals surface area contributed by atoms with Crippen molar-refractivity contribution in [3.63, 3.8) is 0 Å². The second-order valence-corrected chi connectivity index (χ2v) is 9.15. The van der Waals surface area contributed by atoms with Crippen molar-refractivity contribution in [2.75, 3.05) is 5.73 Å². The lowest BCUT2D eigenvalue weighted by molar-refractivity contribution is 0.256. The summed E-state index contributed by atoms with van der Waals surface area (Å²) in [6.07, 6.45) is 9.03. The van der Waals surface area contributed by atoms with Crippen molar-refractivity contribution in [3.8, 4) is 17.0 Å². The molecule has 1 unspecified atom stereocenters. The first kappa shape index (κ1) is 21.8. The minimum Gasteiger partial charge on any atom is -0.489 e. The van der Waals surface area contributed by atoms with Gasteiger partial charge in [-0.05, 0) is 67.2 Å². The van der Waals surface area contributed by atoms with Gasteiger partial charge in [0.15, 0.2) is 0 Å². The van der Waals surface area contributed by atoms with Crippen LogP contribution in [-0.4, -0.2) is 9.97 Å². The molecule has 4 nitrogen and oxygen atoms in total. The molecule has 4 rings (SSSR count). The van der Waals surface area contributed by atoms with E-state index in [9.17, 15) is 0 Å². The van der Waals surface area contributed by atoms with Crippen molar-refractivity contribution in [3.05, 3.63) is 89.6 Å². The summed E-state index contributed by atoms with van der Waals surface area (Å²) >= 11 is 0. The monoisotopic (exact) mass is 425 g/mol. The van der Waals surface area contributed by atoms with Gasteiger partial charge in [0.05, 0.1) is 11.4 Å². The van der Waals surface area contributed by atoms with Crippen LogP contribution in [0.5, 0.6) is 5.75 Å². The van der Waals surface area contributed by atoms with E-state index in [4.69, 9.17) is 10.5 Å². The molecule has 0 saturated heterocycles. The summed E-state index contributed by atoms with van der Waals surface area (Å²) in [6.45, 7) is 7.43. The zero-order chi connectivity index (χ0) is 22.6. The van der Waals surface area contributed by atoms with Crippen LogP contribution in [0.1, 0.15) is 44.9 Å². The van der Waals surface area contributed by atoms with E-state index in [1.165, 1.54) is 12.0 Å². The van der Waals surface area contributed by atoms with Crippen LogP contribution in [0.4, 0.5) is 5.95 Å². The van der Waals surface area contributed by atoms with Crippen molar-refractivity contribution >= 4 is 12.0 Å². The topological polar surface area (TPSA) is 61.0 Å². The lowest BCUT2D eigenvalue weighted by atomic mass is 9.68. The Bertz CT molecular complexity index is 1120. The molecule has 4 heteroatoms. The van der Waals surface area contributed by atoms with Crippen LogP contribution in [0, 0.1) is 11.3 Å². The minimum atomic E-state index is 0.242.